The van der Waals surface area contributed by atoms with Gasteiger partial charge in [-0.3, -0.25) is 4.28 Å². The molecule has 2 heterocycles. The minimum absolute atomic E-state index is 0.368. The van der Waals surface area contributed by atoms with Crippen LogP contribution < -0.4 is 8.47 Å². The molecule has 0 spiro atoms. The lowest BCUT2D eigenvalue weighted by atomic mass is 10.3. The van der Waals surface area contributed by atoms with Crippen molar-refractivity contribution >= 4 is 22.5 Å². The van der Waals surface area contributed by atoms with Gasteiger partial charge in [0.1, 0.15) is 11.3 Å². The molecular formula is C11H8N4O3S. The van der Waals surface area contributed by atoms with Gasteiger partial charge in [-0.15, -0.1) is 5.10 Å². The monoisotopic (exact) mass is 276 g/mol. The van der Waals surface area contributed by atoms with Crippen LogP contribution in [0.25, 0.3) is 11.2 Å². The maximum absolute atomic E-state index is 11.7. The van der Waals surface area contributed by atoms with Crippen molar-refractivity contribution in [1.29, 1.82) is 0 Å². The summed E-state index contributed by atoms with van der Waals surface area (Å²) in [6.45, 7) is 0. The standard InChI is InChI=1S/C11H8N4O3S/c16-19(17-9-5-2-1-3-6-9)18-15-11-10(13-14-15)7-4-8-12-11/h1-8H. The average molecular weight is 276 g/mol. The zero-order valence-corrected chi connectivity index (χ0v) is 10.4. The van der Waals surface area contributed by atoms with E-state index in [1.54, 1.807) is 42.6 Å². The molecule has 0 fully saturated rings. The average Bonchev–Trinajstić information content (AvgIpc) is 2.83. The molecule has 1 atom stereocenters. The Kier molecular flexibility index (Phi) is 3.07. The third kappa shape index (κ3) is 2.52. The van der Waals surface area contributed by atoms with Gasteiger partial charge in [-0.1, -0.05) is 18.2 Å². The second kappa shape index (κ2) is 5.02. The predicted octanol–water partition coefficient (Wildman–Crippen LogP) is 0.913. The van der Waals surface area contributed by atoms with E-state index < -0.39 is 11.4 Å². The van der Waals surface area contributed by atoms with Crippen molar-refractivity contribution in [2.75, 3.05) is 0 Å². The zero-order valence-electron chi connectivity index (χ0n) is 9.54. The van der Waals surface area contributed by atoms with E-state index in [1.165, 1.54) is 0 Å². The Hall–Kier alpha value is -2.48. The van der Waals surface area contributed by atoms with Gasteiger partial charge in [-0.25, -0.2) is 4.98 Å². The molecule has 0 amide bonds. The van der Waals surface area contributed by atoms with E-state index >= 15 is 0 Å². The number of para-hydroxylation sites is 1. The molecule has 0 aliphatic carbocycles. The van der Waals surface area contributed by atoms with E-state index in [1.807, 2.05) is 6.07 Å². The number of fused-ring (bicyclic) bond motifs is 1. The molecule has 96 valence electrons. The maximum Gasteiger partial charge on any atom is 0.439 e. The van der Waals surface area contributed by atoms with Crippen LogP contribution in [0.2, 0.25) is 0 Å². The number of hydrogen-bond donors (Lipinski definition) is 0. The molecule has 0 aliphatic heterocycles. The molecule has 0 saturated carbocycles. The zero-order chi connectivity index (χ0) is 13.1. The van der Waals surface area contributed by atoms with Gasteiger partial charge in [0.25, 0.3) is 0 Å². The molecule has 0 radical (unpaired) electrons. The first-order valence-corrected chi connectivity index (χ1v) is 6.33. The molecule has 0 aliphatic rings. The van der Waals surface area contributed by atoms with Crippen molar-refractivity contribution in [2.24, 2.45) is 0 Å². The largest absolute Gasteiger partial charge is 0.439 e. The van der Waals surface area contributed by atoms with Crippen LogP contribution in [0.1, 0.15) is 0 Å². The summed E-state index contributed by atoms with van der Waals surface area (Å²) in [5.74, 6) is 0.429. The highest BCUT2D eigenvalue weighted by atomic mass is 32.2. The molecule has 3 aromatic rings. The Balaban J connectivity index is 1.76. The lowest BCUT2D eigenvalue weighted by molar-refractivity contribution is 0.239. The number of aromatic nitrogens is 4. The summed E-state index contributed by atoms with van der Waals surface area (Å²) in [6, 6.07) is 12.1. The smallest absolute Gasteiger partial charge is 0.370 e. The topological polar surface area (TPSA) is 79.1 Å². The van der Waals surface area contributed by atoms with Gasteiger partial charge in [-0.05, 0) is 34.3 Å². The number of pyridine rings is 1. The molecule has 0 N–H and O–H groups in total. The number of benzene rings is 1. The normalized spacial score (nSPS) is 12.2. The van der Waals surface area contributed by atoms with Gasteiger partial charge >= 0.3 is 11.4 Å². The fraction of sp³-hybridized carbons (Fsp3) is 0. The van der Waals surface area contributed by atoms with Crippen LogP contribution in [0.5, 0.6) is 5.75 Å². The van der Waals surface area contributed by atoms with Crippen molar-refractivity contribution in [1.82, 2.24) is 20.1 Å². The van der Waals surface area contributed by atoms with Crippen LogP contribution in [-0.4, -0.2) is 24.4 Å². The predicted molar refractivity (Wildman–Crippen MR) is 67.1 cm³/mol. The Morgan fingerprint density at radius 3 is 2.79 bits per heavy atom. The maximum atomic E-state index is 11.7. The molecule has 0 saturated heterocycles. The lowest BCUT2D eigenvalue weighted by Gasteiger charge is -2.03. The molecular weight excluding hydrogens is 268 g/mol. The molecule has 2 aromatic heterocycles. The Labute approximate surface area is 110 Å². The Morgan fingerprint density at radius 2 is 1.95 bits per heavy atom. The second-order valence-electron chi connectivity index (χ2n) is 3.48. The van der Waals surface area contributed by atoms with Crippen molar-refractivity contribution in [3.63, 3.8) is 0 Å². The highest BCUT2D eigenvalue weighted by Crippen LogP contribution is 2.10. The van der Waals surface area contributed by atoms with Crippen LogP contribution >= 0.6 is 0 Å². The van der Waals surface area contributed by atoms with E-state index in [9.17, 15) is 4.21 Å². The third-order valence-electron chi connectivity index (χ3n) is 2.22. The number of hydrogen-bond acceptors (Lipinski definition) is 6. The second-order valence-corrected chi connectivity index (χ2v) is 4.21. The van der Waals surface area contributed by atoms with E-state index in [4.69, 9.17) is 8.47 Å². The summed E-state index contributed by atoms with van der Waals surface area (Å²) in [5.41, 5.74) is 0.909. The minimum Gasteiger partial charge on any atom is -0.370 e. The van der Waals surface area contributed by atoms with Crippen molar-refractivity contribution in [2.45, 2.75) is 0 Å². The van der Waals surface area contributed by atoms with Crippen LogP contribution in [0.3, 0.4) is 0 Å². The number of rotatable bonds is 4. The van der Waals surface area contributed by atoms with E-state index in [0.717, 1.165) is 4.85 Å². The van der Waals surface area contributed by atoms with Gasteiger partial charge < -0.3 is 4.18 Å². The SMILES string of the molecule is O=S(Oc1ccccc1)On1nnc2cccnc21. The molecule has 8 heteroatoms. The van der Waals surface area contributed by atoms with Crippen LogP contribution in [0.15, 0.2) is 48.7 Å². The highest BCUT2D eigenvalue weighted by molar-refractivity contribution is 7.75. The molecule has 7 nitrogen and oxygen atoms in total. The summed E-state index contributed by atoms with van der Waals surface area (Å²) >= 11 is -2.04. The van der Waals surface area contributed by atoms with Crippen molar-refractivity contribution in [3.05, 3.63) is 48.7 Å². The van der Waals surface area contributed by atoms with E-state index in [2.05, 4.69) is 15.3 Å². The van der Waals surface area contributed by atoms with E-state index in [0.29, 0.717) is 16.9 Å². The molecule has 3 rings (SSSR count). The lowest BCUT2D eigenvalue weighted by Crippen LogP contribution is -2.20. The Morgan fingerprint density at radius 1 is 1.11 bits per heavy atom. The summed E-state index contributed by atoms with van der Waals surface area (Å²) in [6.07, 6.45) is 1.56. The fourth-order valence-corrected chi connectivity index (χ4v) is 1.94. The first-order valence-electron chi connectivity index (χ1n) is 5.33. The summed E-state index contributed by atoms with van der Waals surface area (Å²) in [7, 11) is 0. The summed E-state index contributed by atoms with van der Waals surface area (Å²) < 4.78 is 21.7. The van der Waals surface area contributed by atoms with Gasteiger partial charge in [0.05, 0.1) is 0 Å². The molecule has 19 heavy (non-hydrogen) atoms. The van der Waals surface area contributed by atoms with Crippen LogP contribution in [-0.2, 0) is 11.4 Å². The van der Waals surface area contributed by atoms with Gasteiger partial charge in [0, 0.05) is 6.20 Å². The number of nitrogens with zero attached hydrogens (tertiary/aromatic N) is 4. The minimum atomic E-state index is -2.04. The first-order chi connectivity index (χ1) is 9.33. The quantitative estimate of drug-likeness (QED) is 0.704. The van der Waals surface area contributed by atoms with Gasteiger partial charge in [0.2, 0.25) is 5.65 Å². The van der Waals surface area contributed by atoms with Gasteiger partial charge in [-0.2, -0.15) is 4.21 Å². The van der Waals surface area contributed by atoms with Crippen molar-refractivity contribution < 1.29 is 12.7 Å². The fourth-order valence-electron chi connectivity index (χ4n) is 1.42. The van der Waals surface area contributed by atoms with Crippen LogP contribution in [0, 0.1) is 0 Å². The highest BCUT2D eigenvalue weighted by Gasteiger charge is 2.11. The molecule has 1 aromatic carbocycles. The third-order valence-corrected chi connectivity index (χ3v) is 2.81. The van der Waals surface area contributed by atoms with E-state index in [-0.39, 0.29) is 0 Å². The van der Waals surface area contributed by atoms with Crippen molar-refractivity contribution in [3.8, 4) is 5.75 Å². The van der Waals surface area contributed by atoms with Gasteiger partial charge in [0.15, 0.2) is 0 Å². The molecule has 0 bridgehead atoms. The first kappa shape index (κ1) is 11.6. The van der Waals surface area contributed by atoms with Crippen LogP contribution in [0.4, 0.5) is 0 Å². The molecule has 1 unspecified atom stereocenters. The summed E-state index contributed by atoms with van der Waals surface area (Å²) in [4.78, 5) is 4.99. The summed E-state index contributed by atoms with van der Waals surface area (Å²) in [5, 5.41) is 7.50. The Bertz CT molecular complexity index is 716.